The monoisotopic (exact) mass is 516 g/mol. The van der Waals surface area contributed by atoms with Crippen LogP contribution in [0.5, 0.6) is 0 Å². The highest BCUT2D eigenvalue weighted by Gasteiger charge is 2.25. The molecule has 1 aliphatic heterocycles. The number of aliphatic imine (C=N–C) groups is 1. The van der Waals surface area contributed by atoms with Crippen molar-refractivity contribution in [2.45, 2.75) is 20.0 Å². The molecule has 1 N–H and O–H groups in total. The summed E-state index contributed by atoms with van der Waals surface area (Å²) in [4.78, 5) is 20.7. The number of nitrogens with one attached hydrogen (secondary N) is 1. The van der Waals surface area contributed by atoms with Crippen molar-refractivity contribution in [2.24, 2.45) is 4.99 Å². The van der Waals surface area contributed by atoms with Crippen molar-refractivity contribution in [2.75, 3.05) is 33.2 Å². The first-order valence-corrected chi connectivity index (χ1v) is 9.40. The molecule has 0 unspecified atom stereocenters. The Hall–Kier alpha value is -1.81. The zero-order valence-electron chi connectivity index (χ0n) is 16.1. The van der Waals surface area contributed by atoms with E-state index in [-0.39, 0.29) is 29.9 Å². The molecule has 1 saturated heterocycles. The minimum Gasteiger partial charge on any atom is -0.354 e. The Balaban J connectivity index is 0.00000280. The number of aromatic nitrogens is 2. The second kappa shape index (κ2) is 10.7. The van der Waals surface area contributed by atoms with Crippen molar-refractivity contribution >= 4 is 47.4 Å². The van der Waals surface area contributed by atoms with Crippen molar-refractivity contribution in [3.63, 3.8) is 0 Å². The summed E-state index contributed by atoms with van der Waals surface area (Å²) in [7, 11) is 1.74. The van der Waals surface area contributed by atoms with Crippen LogP contribution in [-0.2, 0) is 17.9 Å². The summed E-state index contributed by atoms with van der Waals surface area (Å²) < 4.78 is 1.89. The van der Waals surface area contributed by atoms with Gasteiger partial charge in [0.15, 0.2) is 5.96 Å². The SMILES string of the molecule is CN=C(NCCn1cc(C)cn1)N1CCN(Cc2ccc(Cl)cc2)C(=O)C1.I. The number of benzene rings is 1. The van der Waals surface area contributed by atoms with Crippen molar-refractivity contribution in [3.05, 3.63) is 52.8 Å². The Morgan fingerprint density at radius 1 is 1.29 bits per heavy atom. The third kappa shape index (κ3) is 6.10. The Morgan fingerprint density at radius 3 is 2.64 bits per heavy atom. The molecule has 1 amide bonds. The fraction of sp³-hybridized carbons (Fsp3) is 0.421. The third-order valence-electron chi connectivity index (χ3n) is 4.50. The van der Waals surface area contributed by atoms with Gasteiger partial charge in [-0.15, -0.1) is 24.0 Å². The Bertz CT molecular complexity index is 807. The summed E-state index contributed by atoms with van der Waals surface area (Å²) in [5.74, 6) is 0.847. The van der Waals surface area contributed by atoms with E-state index in [4.69, 9.17) is 11.6 Å². The van der Waals surface area contributed by atoms with E-state index in [0.717, 1.165) is 30.2 Å². The number of hydrogen-bond donors (Lipinski definition) is 1. The summed E-state index contributed by atoms with van der Waals surface area (Å²) in [6.07, 6.45) is 3.84. The molecule has 28 heavy (non-hydrogen) atoms. The molecule has 0 aliphatic carbocycles. The van der Waals surface area contributed by atoms with Crippen LogP contribution in [0.4, 0.5) is 0 Å². The van der Waals surface area contributed by atoms with Gasteiger partial charge in [0.1, 0.15) is 0 Å². The summed E-state index contributed by atoms with van der Waals surface area (Å²) in [6.45, 7) is 5.82. The molecular weight excluding hydrogens is 491 g/mol. The van der Waals surface area contributed by atoms with E-state index in [1.54, 1.807) is 7.05 Å². The molecule has 9 heteroatoms. The summed E-state index contributed by atoms with van der Waals surface area (Å²) >= 11 is 5.92. The predicted octanol–water partition coefficient (Wildman–Crippen LogP) is 2.38. The molecule has 0 atom stereocenters. The predicted molar refractivity (Wildman–Crippen MR) is 122 cm³/mol. The molecule has 2 aromatic rings. The topological polar surface area (TPSA) is 65.8 Å². The molecule has 152 valence electrons. The van der Waals surface area contributed by atoms with Crippen molar-refractivity contribution in [1.29, 1.82) is 0 Å². The van der Waals surface area contributed by atoms with Crippen LogP contribution >= 0.6 is 35.6 Å². The van der Waals surface area contributed by atoms with Crippen LogP contribution in [0.1, 0.15) is 11.1 Å². The summed E-state index contributed by atoms with van der Waals surface area (Å²) in [5.41, 5.74) is 2.22. The van der Waals surface area contributed by atoms with Crippen molar-refractivity contribution in [3.8, 4) is 0 Å². The standard InChI is InChI=1S/C19H25ClN6O.HI/c1-15-11-23-26(12-15)8-7-22-19(21-2)25-10-9-24(18(27)14-25)13-16-3-5-17(20)6-4-16;/h3-6,11-12H,7-10,13-14H2,1-2H3,(H,21,22);1H. The molecule has 1 fully saturated rings. The number of hydrogen-bond acceptors (Lipinski definition) is 3. The van der Waals surface area contributed by atoms with Crippen LogP contribution < -0.4 is 5.32 Å². The van der Waals surface area contributed by atoms with Gasteiger partial charge in [0.2, 0.25) is 5.91 Å². The minimum absolute atomic E-state index is 0. The van der Waals surface area contributed by atoms with Gasteiger partial charge in [-0.25, -0.2) is 0 Å². The molecular formula is C19H26ClIN6O. The van der Waals surface area contributed by atoms with E-state index in [1.165, 1.54) is 0 Å². The number of carbonyl (C=O) groups excluding carboxylic acids is 1. The second-order valence-corrected chi connectivity index (χ2v) is 7.05. The molecule has 0 saturated carbocycles. The molecule has 2 heterocycles. The highest BCUT2D eigenvalue weighted by molar-refractivity contribution is 14.0. The van der Waals surface area contributed by atoms with E-state index >= 15 is 0 Å². The van der Waals surface area contributed by atoms with Gasteiger partial charge in [-0.3, -0.25) is 14.5 Å². The number of rotatable bonds is 5. The largest absolute Gasteiger partial charge is 0.354 e. The molecule has 3 rings (SSSR count). The molecule has 0 radical (unpaired) electrons. The smallest absolute Gasteiger partial charge is 0.242 e. The van der Waals surface area contributed by atoms with Crippen LogP contribution in [0, 0.1) is 6.92 Å². The highest BCUT2D eigenvalue weighted by Crippen LogP contribution is 2.13. The summed E-state index contributed by atoms with van der Waals surface area (Å²) in [6, 6.07) is 7.62. The second-order valence-electron chi connectivity index (χ2n) is 6.62. The fourth-order valence-corrected chi connectivity index (χ4v) is 3.20. The molecule has 1 aromatic carbocycles. The Kier molecular flexibility index (Phi) is 8.56. The highest BCUT2D eigenvalue weighted by atomic mass is 127. The normalized spacial score (nSPS) is 14.8. The zero-order valence-corrected chi connectivity index (χ0v) is 19.2. The van der Waals surface area contributed by atoms with Gasteiger partial charge >= 0.3 is 0 Å². The zero-order chi connectivity index (χ0) is 19.2. The van der Waals surface area contributed by atoms with E-state index in [0.29, 0.717) is 31.2 Å². The number of piperazine rings is 1. The number of guanidine groups is 1. The van der Waals surface area contributed by atoms with Gasteiger partial charge in [0.05, 0.1) is 19.3 Å². The molecule has 0 spiro atoms. The van der Waals surface area contributed by atoms with Gasteiger partial charge in [-0.2, -0.15) is 5.10 Å². The Morgan fingerprint density at radius 2 is 2.04 bits per heavy atom. The number of nitrogens with zero attached hydrogens (tertiary/aromatic N) is 5. The third-order valence-corrected chi connectivity index (χ3v) is 4.76. The number of aryl methyl sites for hydroxylation is 1. The van der Waals surface area contributed by atoms with Crippen LogP contribution in [0.2, 0.25) is 5.02 Å². The lowest BCUT2D eigenvalue weighted by Crippen LogP contribution is -2.55. The quantitative estimate of drug-likeness (QED) is 0.377. The van der Waals surface area contributed by atoms with E-state index < -0.39 is 0 Å². The van der Waals surface area contributed by atoms with Gasteiger partial charge in [-0.05, 0) is 30.2 Å². The maximum atomic E-state index is 12.6. The number of carbonyl (C=O) groups is 1. The van der Waals surface area contributed by atoms with Crippen LogP contribution in [0.3, 0.4) is 0 Å². The lowest BCUT2D eigenvalue weighted by molar-refractivity contribution is -0.135. The van der Waals surface area contributed by atoms with Gasteiger partial charge in [-0.1, -0.05) is 23.7 Å². The van der Waals surface area contributed by atoms with Gasteiger partial charge in [0, 0.05) is 44.4 Å². The average molecular weight is 517 g/mol. The van der Waals surface area contributed by atoms with Gasteiger partial charge < -0.3 is 15.1 Å². The number of halogens is 2. The van der Waals surface area contributed by atoms with Crippen LogP contribution in [-0.4, -0.2) is 64.7 Å². The molecule has 7 nitrogen and oxygen atoms in total. The molecule has 1 aromatic heterocycles. The van der Waals surface area contributed by atoms with E-state index in [2.05, 4.69) is 15.4 Å². The van der Waals surface area contributed by atoms with Crippen LogP contribution in [0.25, 0.3) is 0 Å². The average Bonchev–Trinajstić information content (AvgIpc) is 3.07. The van der Waals surface area contributed by atoms with Crippen LogP contribution in [0.15, 0.2) is 41.7 Å². The maximum absolute atomic E-state index is 12.6. The first-order valence-electron chi connectivity index (χ1n) is 9.02. The van der Waals surface area contributed by atoms with E-state index in [9.17, 15) is 4.79 Å². The minimum atomic E-state index is 0. The van der Waals surface area contributed by atoms with Gasteiger partial charge in [0.25, 0.3) is 0 Å². The van der Waals surface area contributed by atoms with Crippen molar-refractivity contribution in [1.82, 2.24) is 24.9 Å². The summed E-state index contributed by atoms with van der Waals surface area (Å²) in [5, 5.41) is 8.29. The lowest BCUT2D eigenvalue weighted by Gasteiger charge is -2.36. The Labute approximate surface area is 187 Å². The molecule has 1 aliphatic rings. The fourth-order valence-electron chi connectivity index (χ4n) is 3.07. The van der Waals surface area contributed by atoms with Crippen molar-refractivity contribution < 1.29 is 4.79 Å². The first kappa shape index (κ1) is 22.5. The van der Waals surface area contributed by atoms with E-state index in [1.807, 2.05) is 58.1 Å². The number of amides is 1. The first-order chi connectivity index (χ1) is 13.0. The maximum Gasteiger partial charge on any atom is 0.242 e. The lowest BCUT2D eigenvalue weighted by atomic mass is 10.2. The molecule has 0 bridgehead atoms.